The van der Waals surface area contributed by atoms with Crippen molar-refractivity contribution in [3.8, 4) is 0 Å². The van der Waals surface area contributed by atoms with Gasteiger partial charge in [0.15, 0.2) is 0 Å². The van der Waals surface area contributed by atoms with Crippen LogP contribution in [0.3, 0.4) is 0 Å². The van der Waals surface area contributed by atoms with Crippen LogP contribution < -0.4 is 10.7 Å². The number of nitrogens with zero attached hydrogens (tertiary/aromatic N) is 4. The highest BCUT2D eigenvalue weighted by atomic mass is 16.2. The van der Waals surface area contributed by atoms with Gasteiger partial charge in [-0.05, 0) is 38.9 Å². The van der Waals surface area contributed by atoms with Crippen molar-refractivity contribution in [3.63, 3.8) is 0 Å². The van der Waals surface area contributed by atoms with Crippen molar-refractivity contribution >= 4 is 17.5 Å². The number of unbranched alkanes of at least 4 members (excludes halogenated alkanes) is 2. The Morgan fingerprint density at radius 2 is 1.89 bits per heavy atom. The van der Waals surface area contributed by atoms with Gasteiger partial charge in [0.1, 0.15) is 11.3 Å². The zero-order chi connectivity index (χ0) is 19.9. The molecule has 2 amide bonds. The van der Waals surface area contributed by atoms with Gasteiger partial charge in [-0.3, -0.25) is 19.4 Å². The molecule has 0 atom stereocenters. The predicted molar refractivity (Wildman–Crippen MR) is 108 cm³/mol. The number of fused-ring (bicyclic) bond motifs is 1. The minimum Gasteiger partial charge on any atom is -0.351 e. The fraction of sp³-hybridized carbons (Fsp3) is 0.550. The quantitative estimate of drug-likeness (QED) is 0.667. The number of aromatic nitrogens is 2. The summed E-state index contributed by atoms with van der Waals surface area (Å²) < 4.78 is 1.81. The Bertz CT molecular complexity index is 810. The molecule has 152 valence electrons. The first-order valence-electron chi connectivity index (χ1n) is 9.99. The highest BCUT2D eigenvalue weighted by Crippen LogP contribution is 2.11. The zero-order valence-electron chi connectivity index (χ0n) is 16.8. The first kappa shape index (κ1) is 20.3. The van der Waals surface area contributed by atoms with Gasteiger partial charge in [-0.15, -0.1) is 0 Å². The molecular weight excluding hydrogens is 356 g/mol. The van der Waals surface area contributed by atoms with Crippen molar-refractivity contribution < 1.29 is 9.59 Å². The van der Waals surface area contributed by atoms with E-state index >= 15 is 0 Å². The minimum atomic E-state index is -0.107. The molecule has 2 aromatic rings. The highest BCUT2D eigenvalue weighted by molar-refractivity contribution is 5.94. The highest BCUT2D eigenvalue weighted by Gasteiger charge is 2.16. The number of nitrogens with one attached hydrogen (secondary N) is 2. The predicted octanol–water partition coefficient (Wildman–Crippen LogP) is 1.21. The van der Waals surface area contributed by atoms with Crippen LogP contribution in [0.5, 0.6) is 0 Å². The van der Waals surface area contributed by atoms with Crippen LogP contribution in [0.2, 0.25) is 0 Å². The fourth-order valence-electron chi connectivity index (χ4n) is 3.41. The van der Waals surface area contributed by atoms with Crippen molar-refractivity contribution in [2.45, 2.75) is 32.6 Å². The van der Waals surface area contributed by atoms with Gasteiger partial charge in [-0.2, -0.15) is 0 Å². The average molecular weight is 387 g/mol. The van der Waals surface area contributed by atoms with Gasteiger partial charge >= 0.3 is 0 Å². The Labute approximate surface area is 165 Å². The van der Waals surface area contributed by atoms with Gasteiger partial charge in [-0.1, -0.05) is 12.5 Å². The van der Waals surface area contributed by atoms with Gasteiger partial charge in [0, 0.05) is 45.3 Å². The number of piperazine rings is 1. The number of hydrogen-bond donors (Lipinski definition) is 2. The molecule has 2 N–H and O–H groups in total. The molecule has 0 spiro atoms. The maximum atomic E-state index is 12.5. The first-order chi connectivity index (χ1) is 13.5. The van der Waals surface area contributed by atoms with Gasteiger partial charge in [0.05, 0.1) is 5.69 Å². The minimum absolute atomic E-state index is 0.0787. The molecule has 0 unspecified atom stereocenters. The molecule has 0 bridgehead atoms. The SMILES string of the molecule is Cc1nc2ccccn2c1C(=O)NCCCCCC(=O)NN1CCN(C)CC1. The first-order valence-corrected chi connectivity index (χ1v) is 9.99. The van der Waals surface area contributed by atoms with Gasteiger partial charge in [0.25, 0.3) is 5.91 Å². The van der Waals surface area contributed by atoms with Crippen molar-refractivity contribution in [3.05, 3.63) is 35.8 Å². The van der Waals surface area contributed by atoms with Crippen LogP contribution in [0, 0.1) is 6.92 Å². The average Bonchev–Trinajstić information content (AvgIpc) is 3.02. The van der Waals surface area contributed by atoms with E-state index in [1.165, 1.54) is 0 Å². The van der Waals surface area contributed by atoms with Crippen molar-refractivity contribution in [1.82, 2.24) is 30.0 Å². The third-order valence-corrected chi connectivity index (χ3v) is 5.07. The summed E-state index contributed by atoms with van der Waals surface area (Å²) in [5, 5.41) is 4.96. The lowest BCUT2D eigenvalue weighted by Gasteiger charge is -2.32. The van der Waals surface area contributed by atoms with E-state index in [1.54, 1.807) is 0 Å². The second-order valence-electron chi connectivity index (χ2n) is 7.37. The molecule has 0 saturated carbocycles. The van der Waals surface area contributed by atoms with Crippen LogP contribution in [0.25, 0.3) is 5.65 Å². The largest absolute Gasteiger partial charge is 0.351 e. The lowest BCUT2D eigenvalue weighted by Crippen LogP contribution is -2.52. The fourth-order valence-corrected chi connectivity index (χ4v) is 3.41. The van der Waals surface area contributed by atoms with E-state index in [4.69, 9.17) is 0 Å². The molecule has 2 aromatic heterocycles. The molecular formula is C20H30N6O2. The number of rotatable bonds is 8. The second-order valence-corrected chi connectivity index (χ2v) is 7.37. The number of hydrazine groups is 1. The Hall–Kier alpha value is -2.45. The Kier molecular flexibility index (Phi) is 7.00. The number of likely N-dealkylation sites (N-methyl/N-ethyl adjacent to an activating group) is 1. The lowest BCUT2D eigenvalue weighted by molar-refractivity contribution is -0.126. The van der Waals surface area contributed by atoms with Crippen LogP contribution in [0.15, 0.2) is 24.4 Å². The monoisotopic (exact) mass is 386 g/mol. The Morgan fingerprint density at radius 3 is 2.68 bits per heavy atom. The maximum absolute atomic E-state index is 12.5. The topological polar surface area (TPSA) is 82.0 Å². The van der Waals surface area contributed by atoms with E-state index in [9.17, 15) is 9.59 Å². The Balaban J connectivity index is 1.32. The standard InChI is InChI=1S/C20H30N6O2/c1-16-19(26-11-7-5-8-17(26)22-16)20(28)21-10-6-3-4-9-18(27)23-25-14-12-24(2)13-15-25/h5,7-8,11H,3-4,6,9-10,12-15H2,1-2H3,(H,21,28)(H,23,27). The van der Waals surface area contributed by atoms with Gasteiger partial charge in [0.2, 0.25) is 5.91 Å². The molecule has 28 heavy (non-hydrogen) atoms. The number of carbonyl (C=O) groups is 2. The second kappa shape index (κ2) is 9.66. The van der Waals surface area contributed by atoms with Crippen LogP contribution in [0.1, 0.15) is 41.9 Å². The zero-order valence-corrected chi connectivity index (χ0v) is 16.8. The van der Waals surface area contributed by atoms with Crippen LogP contribution in [-0.4, -0.2) is 70.9 Å². The summed E-state index contributed by atoms with van der Waals surface area (Å²) in [7, 11) is 2.09. The van der Waals surface area contributed by atoms with E-state index in [1.807, 2.05) is 40.7 Å². The Morgan fingerprint density at radius 1 is 1.11 bits per heavy atom. The number of aryl methyl sites for hydroxylation is 1. The van der Waals surface area contributed by atoms with Crippen molar-refractivity contribution in [2.75, 3.05) is 39.8 Å². The van der Waals surface area contributed by atoms with Crippen molar-refractivity contribution in [1.29, 1.82) is 0 Å². The molecule has 0 aliphatic carbocycles. The van der Waals surface area contributed by atoms with E-state index < -0.39 is 0 Å². The summed E-state index contributed by atoms with van der Waals surface area (Å²) in [6, 6.07) is 5.68. The smallest absolute Gasteiger partial charge is 0.270 e. The van der Waals surface area contributed by atoms with Crippen LogP contribution >= 0.6 is 0 Å². The van der Waals surface area contributed by atoms with Crippen LogP contribution in [-0.2, 0) is 4.79 Å². The number of carbonyl (C=O) groups excluding carboxylic acids is 2. The van der Waals surface area contributed by atoms with Gasteiger partial charge < -0.3 is 10.2 Å². The number of amides is 2. The third-order valence-electron chi connectivity index (χ3n) is 5.07. The van der Waals surface area contributed by atoms with Gasteiger partial charge in [-0.25, -0.2) is 9.99 Å². The molecule has 3 heterocycles. The van der Waals surface area contributed by atoms with Crippen molar-refractivity contribution in [2.24, 2.45) is 0 Å². The van der Waals surface area contributed by atoms with E-state index in [0.717, 1.165) is 56.8 Å². The third kappa shape index (κ3) is 5.30. The molecule has 1 saturated heterocycles. The number of hydrogen-bond acceptors (Lipinski definition) is 5. The van der Waals surface area contributed by atoms with E-state index in [2.05, 4.69) is 27.7 Å². The van der Waals surface area contributed by atoms with E-state index in [0.29, 0.717) is 18.7 Å². The molecule has 8 nitrogen and oxygen atoms in total. The molecule has 3 rings (SSSR count). The summed E-state index contributed by atoms with van der Waals surface area (Å²) in [5.41, 5.74) is 5.06. The number of pyridine rings is 1. The molecule has 0 radical (unpaired) electrons. The maximum Gasteiger partial charge on any atom is 0.270 e. The summed E-state index contributed by atoms with van der Waals surface area (Å²) >= 11 is 0. The summed E-state index contributed by atoms with van der Waals surface area (Å²) in [6.45, 7) is 6.14. The number of imidazole rings is 1. The summed E-state index contributed by atoms with van der Waals surface area (Å²) in [4.78, 5) is 31.2. The molecule has 1 aliphatic rings. The van der Waals surface area contributed by atoms with Crippen LogP contribution in [0.4, 0.5) is 0 Å². The molecule has 1 fully saturated rings. The molecule has 0 aromatic carbocycles. The summed E-state index contributed by atoms with van der Waals surface area (Å²) in [6.07, 6.45) is 4.95. The van der Waals surface area contributed by atoms with E-state index in [-0.39, 0.29) is 11.8 Å². The summed E-state index contributed by atoms with van der Waals surface area (Å²) in [5.74, 6) is -0.0287. The lowest BCUT2D eigenvalue weighted by atomic mass is 10.2. The molecule has 8 heteroatoms. The molecule has 1 aliphatic heterocycles. The normalized spacial score (nSPS) is 15.6.